The van der Waals surface area contributed by atoms with Crippen LogP contribution in [-0.4, -0.2) is 31.1 Å². The standard InChI is InChI=1S/C8H16N2O2/c1-9-12-8(11)10-6-4-2-3-5-7-10/h9H,2-7H2,1H3. The van der Waals surface area contributed by atoms with Crippen LogP contribution >= 0.6 is 0 Å². The summed E-state index contributed by atoms with van der Waals surface area (Å²) in [6.45, 7) is 1.67. The van der Waals surface area contributed by atoms with Gasteiger partial charge in [0.1, 0.15) is 0 Å². The highest BCUT2D eigenvalue weighted by Crippen LogP contribution is 2.09. The van der Waals surface area contributed by atoms with Crippen LogP contribution in [0.5, 0.6) is 0 Å². The van der Waals surface area contributed by atoms with Gasteiger partial charge < -0.3 is 9.74 Å². The van der Waals surface area contributed by atoms with E-state index in [0.29, 0.717) is 0 Å². The zero-order valence-corrected chi connectivity index (χ0v) is 7.51. The minimum atomic E-state index is -0.251. The smallest absolute Gasteiger partial charge is 0.354 e. The number of hydrogen-bond donors (Lipinski definition) is 1. The van der Waals surface area contributed by atoms with Gasteiger partial charge in [0.2, 0.25) is 0 Å². The first-order valence-corrected chi connectivity index (χ1v) is 4.47. The minimum absolute atomic E-state index is 0.251. The second-order valence-corrected chi connectivity index (χ2v) is 2.97. The van der Waals surface area contributed by atoms with Crippen molar-refractivity contribution < 1.29 is 9.63 Å². The van der Waals surface area contributed by atoms with Gasteiger partial charge in [-0.05, 0) is 12.8 Å². The van der Waals surface area contributed by atoms with E-state index in [2.05, 4.69) is 10.3 Å². The maximum Gasteiger partial charge on any atom is 0.428 e. The Morgan fingerprint density at radius 3 is 2.33 bits per heavy atom. The summed E-state index contributed by atoms with van der Waals surface area (Å²) in [7, 11) is 1.59. The molecule has 0 aliphatic carbocycles. The Kier molecular flexibility index (Phi) is 3.87. The highest BCUT2D eigenvalue weighted by atomic mass is 16.7. The predicted molar refractivity (Wildman–Crippen MR) is 45.6 cm³/mol. The molecule has 4 heteroatoms. The Bertz CT molecular complexity index is 142. The van der Waals surface area contributed by atoms with Crippen molar-refractivity contribution in [3.05, 3.63) is 0 Å². The van der Waals surface area contributed by atoms with Crippen LogP contribution in [0, 0.1) is 0 Å². The van der Waals surface area contributed by atoms with Crippen molar-refractivity contribution in [3.8, 4) is 0 Å². The monoisotopic (exact) mass is 172 g/mol. The van der Waals surface area contributed by atoms with Gasteiger partial charge >= 0.3 is 6.09 Å². The lowest BCUT2D eigenvalue weighted by molar-refractivity contribution is 0.0662. The topological polar surface area (TPSA) is 41.6 Å². The zero-order chi connectivity index (χ0) is 8.81. The molecule has 70 valence electrons. The molecule has 1 saturated heterocycles. The van der Waals surface area contributed by atoms with Gasteiger partial charge in [0.15, 0.2) is 0 Å². The molecular formula is C8H16N2O2. The lowest BCUT2D eigenvalue weighted by Crippen LogP contribution is -2.34. The molecular weight excluding hydrogens is 156 g/mol. The first-order valence-electron chi connectivity index (χ1n) is 4.47. The van der Waals surface area contributed by atoms with Gasteiger partial charge in [0, 0.05) is 20.1 Å². The lowest BCUT2D eigenvalue weighted by atomic mass is 10.2. The van der Waals surface area contributed by atoms with Gasteiger partial charge in [-0.1, -0.05) is 12.8 Å². The van der Waals surface area contributed by atoms with E-state index in [9.17, 15) is 4.79 Å². The summed E-state index contributed by atoms with van der Waals surface area (Å²) < 4.78 is 0. The average Bonchev–Trinajstić information content (AvgIpc) is 2.32. The molecule has 0 saturated carbocycles. The highest BCUT2D eigenvalue weighted by molar-refractivity contribution is 5.67. The number of rotatable bonds is 1. The first kappa shape index (κ1) is 9.32. The normalized spacial score (nSPS) is 18.6. The average molecular weight is 172 g/mol. The van der Waals surface area contributed by atoms with E-state index in [1.165, 1.54) is 12.8 Å². The molecule has 0 aromatic carbocycles. The van der Waals surface area contributed by atoms with Crippen LogP contribution in [0.15, 0.2) is 0 Å². The third kappa shape index (κ3) is 2.70. The molecule has 1 aliphatic rings. The molecule has 0 unspecified atom stereocenters. The van der Waals surface area contributed by atoms with Gasteiger partial charge in [-0.15, -0.1) is 0 Å². The van der Waals surface area contributed by atoms with E-state index in [0.717, 1.165) is 25.9 Å². The second-order valence-electron chi connectivity index (χ2n) is 2.97. The van der Waals surface area contributed by atoms with Crippen LogP contribution in [0.2, 0.25) is 0 Å². The molecule has 0 atom stereocenters. The van der Waals surface area contributed by atoms with Gasteiger partial charge in [-0.3, -0.25) is 0 Å². The molecule has 0 aromatic heterocycles. The fourth-order valence-electron chi connectivity index (χ4n) is 1.41. The fraction of sp³-hybridized carbons (Fsp3) is 0.875. The number of hydrogen-bond acceptors (Lipinski definition) is 3. The molecule has 0 radical (unpaired) electrons. The van der Waals surface area contributed by atoms with Crippen LogP contribution in [0.3, 0.4) is 0 Å². The molecule has 1 heterocycles. The summed E-state index contributed by atoms with van der Waals surface area (Å²) in [5.41, 5.74) is 2.39. The molecule has 1 amide bonds. The molecule has 0 spiro atoms. The Morgan fingerprint density at radius 2 is 1.83 bits per heavy atom. The number of carbonyl (C=O) groups excluding carboxylic acids is 1. The Balaban J connectivity index is 2.32. The lowest BCUT2D eigenvalue weighted by Gasteiger charge is -2.18. The second kappa shape index (κ2) is 4.98. The van der Waals surface area contributed by atoms with Gasteiger partial charge in [0.25, 0.3) is 0 Å². The quantitative estimate of drug-likeness (QED) is 0.603. The van der Waals surface area contributed by atoms with E-state index in [1.54, 1.807) is 11.9 Å². The number of hydroxylamine groups is 1. The van der Waals surface area contributed by atoms with Crippen molar-refractivity contribution in [2.24, 2.45) is 0 Å². The van der Waals surface area contributed by atoms with Crippen LogP contribution < -0.4 is 5.48 Å². The van der Waals surface area contributed by atoms with Gasteiger partial charge in [-0.2, -0.15) is 5.48 Å². The van der Waals surface area contributed by atoms with Crippen molar-refractivity contribution in [3.63, 3.8) is 0 Å². The number of carbonyl (C=O) groups is 1. The summed E-state index contributed by atoms with van der Waals surface area (Å²) in [4.78, 5) is 17.6. The van der Waals surface area contributed by atoms with Crippen molar-refractivity contribution in [1.82, 2.24) is 10.4 Å². The molecule has 1 aliphatic heterocycles. The van der Waals surface area contributed by atoms with E-state index in [1.807, 2.05) is 0 Å². The Hall–Kier alpha value is -0.770. The van der Waals surface area contributed by atoms with Gasteiger partial charge in [0.05, 0.1) is 0 Å². The largest absolute Gasteiger partial charge is 0.428 e. The molecule has 1 fully saturated rings. The SMILES string of the molecule is CNOC(=O)N1CCCCCC1. The zero-order valence-electron chi connectivity index (χ0n) is 7.51. The first-order chi connectivity index (χ1) is 5.84. The third-order valence-electron chi connectivity index (χ3n) is 2.05. The van der Waals surface area contributed by atoms with E-state index < -0.39 is 0 Å². The number of nitrogens with one attached hydrogen (secondary N) is 1. The van der Waals surface area contributed by atoms with E-state index in [4.69, 9.17) is 0 Å². The molecule has 12 heavy (non-hydrogen) atoms. The molecule has 0 bridgehead atoms. The third-order valence-corrected chi connectivity index (χ3v) is 2.05. The van der Waals surface area contributed by atoms with Crippen LogP contribution in [0.25, 0.3) is 0 Å². The molecule has 1 rings (SSSR count). The Labute approximate surface area is 72.8 Å². The summed E-state index contributed by atoms with van der Waals surface area (Å²) >= 11 is 0. The van der Waals surface area contributed by atoms with Crippen LogP contribution in [-0.2, 0) is 4.84 Å². The fourth-order valence-corrected chi connectivity index (χ4v) is 1.41. The van der Waals surface area contributed by atoms with Crippen molar-refractivity contribution in [2.75, 3.05) is 20.1 Å². The summed E-state index contributed by atoms with van der Waals surface area (Å²) in [6.07, 6.45) is 4.39. The molecule has 4 nitrogen and oxygen atoms in total. The van der Waals surface area contributed by atoms with Crippen molar-refractivity contribution in [2.45, 2.75) is 25.7 Å². The number of likely N-dealkylation sites (tertiary alicyclic amines) is 1. The maximum absolute atomic E-state index is 11.2. The summed E-state index contributed by atoms with van der Waals surface area (Å²) in [5.74, 6) is 0. The van der Waals surface area contributed by atoms with Crippen molar-refractivity contribution >= 4 is 6.09 Å². The molecule has 1 N–H and O–H groups in total. The van der Waals surface area contributed by atoms with Crippen LogP contribution in [0.4, 0.5) is 4.79 Å². The number of amides is 1. The number of nitrogens with zero attached hydrogens (tertiary/aromatic N) is 1. The maximum atomic E-state index is 11.2. The summed E-state index contributed by atoms with van der Waals surface area (Å²) in [5, 5.41) is 0. The predicted octanol–water partition coefficient (Wildman–Crippen LogP) is 1.13. The Morgan fingerprint density at radius 1 is 1.25 bits per heavy atom. The minimum Gasteiger partial charge on any atom is -0.354 e. The van der Waals surface area contributed by atoms with Gasteiger partial charge in [-0.25, -0.2) is 4.79 Å². The van der Waals surface area contributed by atoms with Crippen LogP contribution in [0.1, 0.15) is 25.7 Å². The van der Waals surface area contributed by atoms with Crippen molar-refractivity contribution in [1.29, 1.82) is 0 Å². The highest BCUT2D eigenvalue weighted by Gasteiger charge is 2.15. The summed E-state index contributed by atoms with van der Waals surface area (Å²) in [6, 6.07) is 0. The van der Waals surface area contributed by atoms with E-state index in [-0.39, 0.29) is 6.09 Å². The molecule has 0 aromatic rings. The van der Waals surface area contributed by atoms with E-state index >= 15 is 0 Å².